The van der Waals surface area contributed by atoms with Crippen molar-refractivity contribution in [3.05, 3.63) is 41.6 Å². The molecular weight excluding hydrogens is 406 g/mol. The summed E-state index contributed by atoms with van der Waals surface area (Å²) in [7, 11) is 0. The van der Waals surface area contributed by atoms with E-state index >= 15 is 0 Å². The van der Waals surface area contributed by atoms with Crippen molar-refractivity contribution in [1.29, 1.82) is 0 Å². The molecule has 4 aromatic heterocycles. The monoisotopic (exact) mass is 433 g/mol. The predicted octanol–water partition coefficient (Wildman–Crippen LogP) is 5.56. The smallest absolute Gasteiger partial charge is 0.147 e. The molecule has 4 aromatic rings. The Morgan fingerprint density at radius 3 is 2.87 bits per heavy atom. The summed E-state index contributed by atoms with van der Waals surface area (Å²) in [5.41, 5.74) is 4.25. The van der Waals surface area contributed by atoms with E-state index in [1.54, 1.807) is 23.9 Å². The van der Waals surface area contributed by atoms with Crippen LogP contribution >= 0.6 is 11.3 Å². The number of nitrogens with one attached hydrogen (secondary N) is 1. The van der Waals surface area contributed by atoms with Crippen LogP contribution in [0, 0.1) is 5.41 Å². The van der Waals surface area contributed by atoms with E-state index in [1.165, 1.54) is 41.6 Å². The number of rotatable bonds is 4. The lowest BCUT2D eigenvalue weighted by Crippen LogP contribution is -2.27. The summed E-state index contributed by atoms with van der Waals surface area (Å²) in [6.07, 6.45) is 9.28. The summed E-state index contributed by atoms with van der Waals surface area (Å²) in [6, 6.07) is 3.88. The zero-order valence-corrected chi connectivity index (χ0v) is 18.9. The summed E-state index contributed by atoms with van der Waals surface area (Å²) in [5, 5.41) is 4.69. The molecule has 31 heavy (non-hydrogen) atoms. The highest BCUT2D eigenvalue weighted by atomic mass is 32.1. The van der Waals surface area contributed by atoms with Crippen molar-refractivity contribution in [2.24, 2.45) is 5.41 Å². The Bertz CT molecular complexity index is 1250. The quantitative estimate of drug-likeness (QED) is 0.454. The third-order valence-corrected chi connectivity index (χ3v) is 7.80. The number of thiophene rings is 1. The summed E-state index contributed by atoms with van der Waals surface area (Å²) < 4.78 is 6.56. The van der Waals surface area contributed by atoms with Crippen molar-refractivity contribution in [3.63, 3.8) is 0 Å². The molecule has 7 heteroatoms. The first kappa shape index (κ1) is 19.0. The molecule has 1 N–H and O–H groups in total. The molecule has 6 rings (SSSR count). The van der Waals surface area contributed by atoms with Crippen molar-refractivity contribution in [2.45, 2.75) is 52.5 Å². The third-order valence-electron chi connectivity index (χ3n) is 6.72. The first-order valence-corrected chi connectivity index (χ1v) is 12.0. The average molecular weight is 434 g/mol. The van der Waals surface area contributed by atoms with Gasteiger partial charge in [0, 0.05) is 18.5 Å². The fourth-order valence-electron chi connectivity index (χ4n) is 5.09. The molecule has 0 unspecified atom stereocenters. The lowest BCUT2D eigenvalue weighted by molar-refractivity contribution is 0.316. The molecule has 1 aliphatic carbocycles. The molecule has 0 spiro atoms. The first-order chi connectivity index (χ1) is 15.1. The molecule has 1 saturated heterocycles. The van der Waals surface area contributed by atoms with Crippen molar-refractivity contribution >= 4 is 43.4 Å². The SMILES string of the molecule is CC1(C)CCc2c(N3CCCC3)nc3sc4c(NCc5ccco5)ncnc4c3c2C1. The highest BCUT2D eigenvalue weighted by Crippen LogP contribution is 2.46. The van der Waals surface area contributed by atoms with Gasteiger partial charge in [0.1, 0.15) is 28.6 Å². The van der Waals surface area contributed by atoms with Crippen LogP contribution in [0.3, 0.4) is 0 Å². The number of fused-ring (bicyclic) bond motifs is 5. The van der Waals surface area contributed by atoms with Gasteiger partial charge in [-0.05, 0) is 60.8 Å². The Morgan fingerprint density at radius 1 is 1.19 bits per heavy atom. The zero-order valence-electron chi connectivity index (χ0n) is 18.1. The summed E-state index contributed by atoms with van der Waals surface area (Å²) in [6.45, 7) is 7.62. The Morgan fingerprint density at radius 2 is 2.06 bits per heavy atom. The maximum absolute atomic E-state index is 5.48. The molecule has 5 heterocycles. The van der Waals surface area contributed by atoms with E-state index < -0.39 is 0 Å². The van der Waals surface area contributed by atoms with Crippen LogP contribution in [0.2, 0.25) is 0 Å². The van der Waals surface area contributed by atoms with E-state index in [0.29, 0.717) is 12.0 Å². The van der Waals surface area contributed by atoms with Crippen LogP contribution in [-0.2, 0) is 19.4 Å². The van der Waals surface area contributed by atoms with Gasteiger partial charge in [0.15, 0.2) is 0 Å². The molecule has 0 amide bonds. The number of hydrogen-bond acceptors (Lipinski definition) is 7. The maximum atomic E-state index is 5.48. The zero-order chi connectivity index (χ0) is 21.0. The van der Waals surface area contributed by atoms with E-state index in [9.17, 15) is 0 Å². The van der Waals surface area contributed by atoms with Crippen molar-refractivity contribution in [3.8, 4) is 0 Å². The van der Waals surface area contributed by atoms with Gasteiger partial charge in [0.25, 0.3) is 0 Å². The number of furan rings is 1. The number of nitrogens with zero attached hydrogens (tertiary/aromatic N) is 4. The number of aromatic nitrogens is 3. The van der Waals surface area contributed by atoms with Crippen LogP contribution in [0.5, 0.6) is 0 Å². The van der Waals surface area contributed by atoms with E-state index in [0.717, 1.165) is 52.6 Å². The minimum Gasteiger partial charge on any atom is -0.467 e. The molecule has 0 aromatic carbocycles. The second kappa shape index (κ2) is 7.19. The summed E-state index contributed by atoms with van der Waals surface area (Å²) in [5.74, 6) is 2.97. The molecule has 6 nitrogen and oxygen atoms in total. The topological polar surface area (TPSA) is 67.1 Å². The van der Waals surface area contributed by atoms with Crippen molar-refractivity contribution in [2.75, 3.05) is 23.3 Å². The average Bonchev–Trinajstić information content (AvgIpc) is 3.51. The second-order valence-electron chi connectivity index (χ2n) is 9.54. The molecular formula is C24H27N5OS. The van der Waals surface area contributed by atoms with Crippen LogP contribution in [0.25, 0.3) is 20.4 Å². The second-order valence-corrected chi connectivity index (χ2v) is 10.5. The molecule has 0 saturated carbocycles. The van der Waals surface area contributed by atoms with Gasteiger partial charge in [-0.2, -0.15) is 0 Å². The van der Waals surface area contributed by atoms with Crippen LogP contribution in [0.4, 0.5) is 11.6 Å². The number of hydrogen-bond donors (Lipinski definition) is 1. The number of pyridine rings is 1. The fourth-order valence-corrected chi connectivity index (χ4v) is 6.21. The van der Waals surface area contributed by atoms with Gasteiger partial charge in [-0.3, -0.25) is 0 Å². The van der Waals surface area contributed by atoms with Gasteiger partial charge in [-0.1, -0.05) is 13.8 Å². The largest absolute Gasteiger partial charge is 0.467 e. The molecule has 1 fully saturated rings. The Kier molecular flexibility index (Phi) is 4.42. The standard InChI is InChI=1S/C24H27N5OS/c1-24(2)8-7-16-17(12-24)18-19-20(31-23(18)28-22(16)29-9-3-4-10-29)21(27-14-26-19)25-13-15-6-5-11-30-15/h5-6,11,14H,3-4,7-10,12-13H2,1-2H3,(H,25,26,27). The van der Waals surface area contributed by atoms with Crippen LogP contribution in [0.15, 0.2) is 29.1 Å². The highest BCUT2D eigenvalue weighted by Gasteiger charge is 2.32. The van der Waals surface area contributed by atoms with Gasteiger partial charge in [-0.15, -0.1) is 11.3 Å². The fraction of sp³-hybridized carbons (Fsp3) is 0.458. The third kappa shape index (κ3) is 3.26. The molecule has 160 valence electrons. The Balaban J connectivity index is 1.53. The normalized spacial score (nSPS) is 18.1. The van der Waals surface area contributed by atoms with E-state index in [-0.39, 0.29) is 0 Å². The first-order valence-electron chi connectivity index (χ1n) is 11.2. The van der Waals surface area contributed by atoms with E-state index in [2.05, 4.69) is 29.0 Å². The van der Waals surface area contributed by atoms with Crippen molar-refractivity contribution in [1.82, 2.24) is 15.0 Å². The van der Waals surface area contributed by atoms with Crippen LogP contribution < -0.4 is 10.2 Å². The Labute approximate surface area is 185 Å². The van der Waals surface area contributed by atoms with Gasteiger partial charge in [0.2, 0.25) is 0 Å². The van der Waals surface area contributed by atoms with Gasteiger partial charge in [0.05, 0.1) is 23.0 Å². The van der Waals surface area contributed by atoms with E-state index in [4.69, 9.17) is 14.4 Å². The lowest BCUT2D eigenvalue weighted by Gasteiger charge is -2.34. The lowest BCUT2D eigenvalue weighted by atomic mass is 9.73. The predicted molar refractivity (Wildman–Crippen MR) is 126 cm³/mol. The molecule has 0 radical (unpaired) electrons. The summed E-state index contributed by atoms with van der Waals surface area (Å²) in [4.78, 5) is 18.1. The minimum atomic E-state index is 0.297. The van der Waals surface area contributed by atoms with Gasteiger partial charge < -0.3 is 14.6 Å². The molecule has 0 atom stereocenters. The molecule has 2 aliphatic rings. The maximum Gasteiger partial charge on any atom is 0.147 e. The van der Waals surface area contributed by atoms with E-state index in [1.807, 2.05) is 12.1 Å². The van der Waals surface area contributed by atoms with Gasteiger partial charge >= 0.3 is 0 Å². The summed E-state index contributed by atoms with van der Waals surface area (Å²) >= 11 is 1.72. The minimum absolute atomic E-state index is 0.297. The van der Waals surface area contributed by atoms with Crippen molar-refractivity contribution < 1.29 is 4.42 Å². The highest BCUT2D eigenvalue weighted by molar-refractivity contribution is 7.26. The number of anilines is 2. The molecule has 0 bridgehead atoms. The Hall–Kier alpha value is -2.67. The van der Waals surface area contributed by atoms with Gasteiger partial charge in [-0.25, -0.2) is 15.0 Å². The van der Waals surface area contributed by atoms with Crippen LogP contribution in [-0.4, -0.2) is 28.0 Å². The molecule has 1 aliphatic heterocycles. The van der Waals surface area contributed by atoms with Crippen LogP contribution in [0.1, 0.15) is 50.0 Å².